The lowest BCUT2D eigenvalue weighted by Crippen LogP contribution is -2.63. The van der Waals surface area contributed by atoms with Crippen LogP contribution in [0.1, 0.15) is 51.9 Å². The van der Waals surface area contributed by atoms with Gasteiger partial charge in [-0.15, -0.1) is 0 Å². The van der Waals surface area contributed by atoms with Gasteiger partial charge in [0, 0.05) is 24.7 Å². The van der Waals surface area contributed by atoms with E-state index in [1.54, 1.807) is 0 Å². The van der Waals surface area contributed by atoms with Crippen LogP contribution in [0.5, 0.6) is 0 Å². The van der Waals surface area contributed by atoms with Crippen LogP contribution in [0.2, 0.25) is 0 Å². The highest BCUT2D eigenvalue weighted by Gasteiger charge is 2.40. The molecule has 2 aliphatic rings. The number of unbranched alkanes of at least 4 members (excludes halogenated alkanes) is 1. The first-order chi connectivity index (χ1) is 8.79. The average molecular weight is 270 g/mol. The molecule has 0 aromatic heterocycles. The van der Waals surface area contributed by atoms with Crippen LogP contribution in [-0.2, 0) is 0 Å². The molecular formula is C15H30N2S. The van der Waals surface area contributed by atoms with Crippen molar-refractivity contribution in [1.82, 2.24) is 10.2 Å². The fourth-order valence-corrected chi connectivity index (χ4v) is 4.14. The molecule has 0 bridgehead atoms. The van der Waals surface area contributed by atoms with Gasteiger partial charge in [0.05, 0.1) is 0 Å². The van der Waals surface area contributed by atoms with Crippen molar-refractivity contribution in [3.05, 3.63) is 0 Å². The molecule has 2 rings (SSSR count). The summed E-state index contributed by atoms with van der Waals surface area (Å²) in [7, 11) is 0. The first-order valence-corrected chi connectivity index (χ1v) is 9.17. The number of nitrogens with one attached hydrogen (secondary N) is 1. The Bertz CT molecular complexity index is 239. The zero-order chi connectivity index (χ0) is 12.8. The molecule has 1 aliphatic carbocycles. The Balaban J connectivity index is 1.83. The number of thioether (sulfide) groups is 1. The van der Waals surface area contributed by atoms with E-state index in [1.807, 2.05) is 11.8 Å². The molecule has 1 saturated carbocycles. The summed E-state index contributed by atoms with van der Waals surface area (Å²) in [5.74, 6) is 1.33. The van der Waals surface area contributed by atoms with Gasteiger partial charge in [0.1, 0.15) is 0 Å². The molecule has 0 amide bonds. The number of rotatable bonds is 6. The molecule has 1 atom stereocenters. The Labute approximate surface area is 117 Å². The van der Waals surface area contributed by atoms with Crippen molar-refractivity contribution < 1.29 is 0 Å². The number of hydrogen-bond donors (Lipinski definition) is 1. The third-order valence-electron chi connectivity index (χ3n) is 4.81. The summed E-state index contributed by atoms with van der Waals surface area (Å²) in [5, 5.41) is 3.88. The van der Waals surface area contributed by atoms with Gasteiger partial charge in [0.15, 0.2) is 0 Å². The summed E-state index contributed by atoms with van der Waals surface area (Å²) in [6.07, 6.45) is 12.0. The molecule has 1 spiro atoms. The molecule has 1 aliphatic heterocycles. The van der Waals surface area contributed by atoms with Gasteiger partial charge in [-0.25, -0.2) is 0 Å². The molecule has 1 heterocycles. The molecule has 3 heteroatoms. The van der Waals surface area contributed by atoms with Crippen LogP contribution >= 0.6 is 11.8 Å². The fourth-order valence-electron chi connectivity index (χ4n) is 3.65. The molecular weight excluding hydrogens is 240 g/mol. The van der Waals surface area contributed by atoms with E-state index in [9.17, 15) is 0 Å². The summed E-state index contributed by atoms with van der Waals surface area (Å²) in [6, 6.07) is 0.783. The van der Waals surface area contributed by atoms with E-state index >= 15 is 0 Å². The maximum Gasteiger partial charge on any atom is 0.0309 e. The van der Waals surface area contributed by atoms with E-state index in [0.29, 0.717) is 5.54 Å². The van der Waals surface area contributed by atoms with Crippen molar-refractivity contribution >= 4 is 11.8 Å². The smallest absolute Gasteiger partial charge is 0.0309 e. The average Bonchev–Trinajstić information content (AvgIpc) is 2.83. The Morgan fingerprint density at radius 3 is 2.72 bits per heavy atom. The number of hydrogen-bond acceptors (Lipinski definition) is 3. The SMILES string of the molecule is CCC1CNC2(CCCC2)CN1CCCCSC. The van der Waals surface area contributed by atoms with Crippen LogP contribution in [0.25, 0.3) is 0 Å². The minimum absolute atomic E-state index is 0.491. The Hall–Kier alpha value is 0.270. The van der Waals surface area contributed by atoms with E-state index in [-0.39, 0.29) is 0 Å². The molecule has 1 saturated heterocycles. The first-order valence-electron chi connectivity index (χ1n) is 7.78. The molecule has 106 valence electrons. The van der Waals surface area contributed by atoms with Gasteiger partial charge in [-0.3, -0.25) is 4.90 Å². The lowest BCUT2D eigenvalue weighted by molar-refractivity contribution is 0.0772. The van der Waals surface area contributed by atoms with Gasteiger partial charge in [-0.2, -0.15) is 11.8 Å². The minimum atomic E-state index is 0.491. The Morgan fingerprint density at radius 2 is 2.06 bits per heavy atom. The van der Waals surface area contributed by atoms with Crippen LogP contribution in [0.3, 0.4) is 0 Å². The van der Waals surface area contributed by atoms with Gasteiger partial charge in [-0.05, 0) is 50.7 Å². The second-order valence-electron chi connectivity index (χ2n) is 6.10. The molecule has 1 unspecified atom stereocenters. The highest BCUT2D eigenvalue weighted by molar-refractivity contribution is 7.98. The zero-order valence-corrected chi connectivity index (χ0v) is 13.0. The Kier molecular flexibility index (Phi) is 5.84. The Morgan fingerprint density at radius 1 is 1.28 bits per heavy atom. The van der Waals surface area contributed by atoms with Crippen molar-refractivity contribution in [3.8, 4) is 0 Å². The van der Waals surface area contributed by atoms with Crippen molar-refractivity contribution in [3.63, 3.8) is 0 Å². The summed E-state index contributed by atoms with van der Waals surface area (Å²) >= 11 is 1.98. The third-order valence-corrected chi connectivity index (χ3v) is 5.51. The van der Waals surface area contributed by atoms with Crippen LogP contribution < -0.4 is 5.32 Å². The second kappa shape index (κ2) is 7.16. The topological polar surface area (TPSA) is 15.3 Å². The standard InChI is InChI=1S/C15H30N2S/c1-3-14-12-16-15(8-4-5-9-15)13-17(14)10-6-7-11-18-2/h14,16H,3-13H2,1-2H3. The minimum Gasteiger partial charge on any atom is -0.308 e. The molecule has 18 heavy (non-hydrogen) atoms. The first kappa shape index (κ1) is 14.7. The van der Waals surface area contributed by atoms with E-state index in [0.717, 1.165) is 6.04 Å². The molecule has 0 aromatic carbocycles. The summed E-state index contributed by atoms with van der Waals surface area (Å²) in [4.78, 5) is 2.79. The zero-order valence-electron chi connectivity index (χ0n) is 12.2. The van der Waals surface area contributed by atoms with Crippen LogP contribution in [0, 0.1) is 0 Å². The largest absolute Gasteiger partial charge is 0.308 e. The fraction of sp³-hybridized carbons (Fsp3) is 1.00. The molecule has 2 nitrogen and oxygen atoms in total. The highest BCUT2D eigenvalue weighted by Crippen LogP contribution is 2.33. The van der Waals surface area contributed by atoms with Crippen molar-refractivity contribution in [1.29, 1.82) is 0 Å². The van der Waals surface area contributed by atoms with Crippen LogP contribution in [-0.4, -0.2) is 48.1 Å². The lowest BCUT2D eigenvalue weighted by Gasteiger charge is -2.46. The quantitative estimate of drug-likeness (QED) is 0.747. The summed E-state index contributed by atoms with van der Waals surface area (Å²) in [5.41, 5.74) is 0.491. The van der Waals surface area contributed by atoms with Gasteiger partial charge < -0.3 is 5.32 Å². The normalized spacial score (nSPS) is 28.0. The molecule has 2 fully saturated rings. The predicted molar refractivity (Wildman–Crippen MR) is 82.5 cm³/mol. The second-order valence-corrected chi connectivity index (χ2v) is 7.09. The van der Waals surface area contributed by atoms with Crippen LogP contribution in [0.4, 0.5) is 0 Å². The van der Waals surface area contributed by atoms with Crippen molar-refractivity contribution in [2.45, 2.75) is 63.5 Å². The molecule has 0 aromatic rings. The van der Waals surface area contributed by atoms with Gasteiger partial charge in [0.2, 0.25) is 0 Å². The van der Waals surface area contributed by atoms with Crippen LogP contribution in [0.15, 0.2) is 0 Å². The molecule has 0 radical (unpaired) electrons. The number of nitrogens with zero attached hydrogens (tertiary/aromatic N) is 1. The third kappa shape index (κ3) is 3.64. The summed E-state index contributed by atoms with van der Waals surface area (Å²) in [6.45, 7) is 6.19. The molecule has 1 N–H and O–H groups in total. The highest BCUT2D eigenvalue weighted by atomic mass is 32.2. The van der Waals surface area contributed by atoms with E-state index in [4.69, 9.17) is 0 Å². The van der Waals surface area contributed by atoms with E-state index < -0.39 is 0 Å². The summed E-state index contributed by atoms with van der Waals surface area (Å²) < 4.78 is 0. The number of piperazine rings is 1. The van der Waals surface area contributed by atoms with E-state index in [1.165, 1.54) is 70.3 Å². The van der Waals surface area contributed by atoms with Crippen molar-refractivity contribution in [2.24, 2.45) is 0 Å². The van der Waals surface area contributed by atoms with Gasteiger partial charge in [0.25, 0.3) is 0 Å². The van der Waals surface area contributed by atoms with Gasteiger partial charge >= 0.3 is 0 Å². The monoisotopic (exact) mass is 270 g/mol. The maximum atomic E-state index is 3.88. The lowest BCUT2D eigenvalue weighted by atomic mass is 9.91. The predicted octanol–water partition coefficient (Wildman–Crippen LogP) is 3.13. The van der Waals surface area contributed by atoms with Gasteiger partial charge in [-0.1, -0.05) is 19.8 Å². The van der Waals surface area contributed by atoms with E-state index in [2.05, 4.69) is 23.4 Å². The maximum absolute atomic E-state index is 3.88. The van der Waals surface area contributed by atoms with Crippen molar-refractivity contribution in [2.75, 3.05) is 31.6 Å².